The van der Waals surface area contributed by atoms with Crippen LogP contribution in [0.15, 0.2) is 18.2 Å². The number of ether oxygens (including phenoxy) is 1. The lowest BCUT2D eigenvalue weighted by molar-refractivity contribution is -0.137. The summed E-state index contributed by atoms with van der Waals surface area (Å²) in [5.41, 5.74) is -0.421. The average molecular weight is 310 g/mol. The summed E-state index contributed by atoms with van der Waals surface area (Å²) < 4.78 is 42.1. The molecule has 0 amide bonds. The van der Waals surface area contributed by atoms with Crippen molar-refractivity contribution < 1.29 is 28.1 Å². The average Bonchev–Trinajstić information content (AvgIpc) is 2.48. The molecule has 1 aromatic carbocycles. The summed E-state index contributed by atoms with van der Waals surface area (Å²) >= 11 is 0. The molecule has 0 saturated carbocycles. The molecular weight excluding hydrogens is 285 g/mol. The number of aryl methyl sites for hydroxylation is 1. The van der Waals surface area contributed by atoms with Crippen LogP contribution in [0.1, 0.15) is 38.8 Å². The van der Waals surface area contributed by atoms with E-state index in [1.54, 1.807) is 0 Å². The van der Waals surface area contributed by atoms with E-state index in [2.05, 4.69) is 0 Å². The van der Waals surface area contributed by atoms with Gasteiger partial charge in [0.1, 0.15) is 18.5 Å². The van der Waals surface area contributed by atoms with Crippen LogP contribution < -0.4 is 4.74 Å². The van der Waals surface area contributed by atoms with E-state index >= 15 is 0 Å². The summed E-state index contributed by atoms with van der Waals surface area (Å²) in [6, 6.07) is 3.08. The first kappa shape index (κ1) is 22.0. The lowest BCUT2D eigenvalue weighted by Crippen LogP contribution is -2.21. The van der Waals surface area contributed by atoms with Crippen molar-refractivity contribution in [1.29, 1.82) is 0 Å². The number of hydrogen-bond donors (Lipinski definition) is 2. The summed E-state index contributed by atoms with van der Waals surface area (Å²) in [6.07, 6.45) is -5.43. The molecule has 1 atom stereocenters. The zero-order chi connectivity index (χ0) is 17.1. The molecule has 0 bridgehead atoms. The molecule has 0 saturated heterocycles. The monoisotopic (exact) mass is 310 g/mol. The molecule has 0 aromatic heterocycles. The molecule has 6 heteroatoms. The van der Waals surface area contributed by atoms with Crippen molar-refractivity contribution in [3.8, 4) is 5.75 Å². The van der Waals surface area contributed by atoms with Gasteiger partial charge in [0.15, 0.2) is 0 Å². The summed E-state index contributed by atoms with van der Waals surface area (Å²) in [7, 11) is 0. The first-order valence-electron chi connectivity index (χ1n) is 6.94. The van der Waals surface area contributed by atoms with Gasteiger partial charge in [-0.3, -0.25) is 0 Å². The van der Waals surface area contributed by atoms with Crippen molar-refractivity contribution in [1.82, 2.24) is 0 Å². The van der Waals surface area contributed by atoms with E-state index in [0.29, 0.717) is 5.56 Å². The van der Waals surface area contributed by atoms with Gasteiger partial charge in [0.2, 0.25) is 0 Å². The highest BCUT2D eigenvalue weighted by Crippen LogP contribution is 2.32. The molecule has 0 fully saturated rings. The molecule has 0 radical (unpaired) electrons. The molecule has 1 aromatic rings. The van der Waals surface area contributed by atoms with Crippen molar-refractivity contribution in [2.45, 2.75) is 46.9 Å². The lowest BCUT2D eigenvalue weighted by Gasteiger charge is -2.14. The molecule has 21 heavy (non-hydrogen) atoms. The minimum absolute atomic E-state index is 0.164. The number of alkyl halides is 3. The Bertz CT molecular complexity index is 379. The number of benzene rings is 1. The number of hydrogen-bond acceptors (Lipinski definition) is 3. The minimum atomic E-state index is -4.38. The predicted molar refractivity (Wildman–Crippen MR) is 77.5 cm³/mol. The van der Waals surface area contributed by atoms with E-state index in [9.17, 15) is 13.2 Å². The van der Waals surface area contributed by atoms with Crippen molar-refractivity contribution in [2.75, 3.05) is 13.2 Å². The normalized spacial score (nSPS) is 11.5. The van der Waals surface area contributed by atoms with Crippen molar-refractivity contribution in [3.05, 3.63) is 29.3 Å². The Kier molecular flexibility index (Phi) is 11.9. The zero-order valence-electron chi connectivity index (χ0n) is 13.2. The zero-order valence-corrected chi connectivity index (χ0v) is 13.2. The van der Waals surface area contributed by atoms with Gasteiger partial charge >= 0.3 is 6.18 Å². The van der Waals surface area contributed by atoms with Gasteiger partial charge in [0.25, 0.3) is 0 Å². The van der Waals surface area contributed by atoms with Crippen LogP contribution in [0.3, 0.4) is 0 Å². The maximum atomic E-state index is 12.4. The van der Waals surface area contributed by atoms with Gasteiger partial charge in [-0.1, -0.05) is 27.7 Å². The molecule has 1 rings (SSSR count). The molecule has 2 N–H and O–H groups in total. The van der Waals surface area contributed by atoms with Gasteiger partial charge in [0.05, 0.1) is 12.2 Å². The number of aliphatic hydroxyl groups is 2. The van der Waals surface area contributed by atoms with Gasteiger partial charge in [-0.05, 0) is 30.7 Å². The SMILES string of the molecule is CC.CC.Cc1cc(C(F)(F)F)ccc1OCC(O)CO. The second kappa shape index (κ2) is 11.4. The van der Waals surface area contributed by atoms with E-state index in [1.807, 2.05) is 27.7 Å². The highest BCUT2D eigenvalue weighted by Gasteiger charge is 2.30. The summed E-state index contributed by atoms with van der Waals surface area (Å²) in [4.78, 5) is 0. The predicted octanol–water partition coefficient (Wildman–Crippen LogP) is 3.80. The van der Waals surface area contributed by atoms with Gasteiger partial charge in [-0.15, -0.1) is 0 Å². The molecule has 0 aliphatic carbocycles. The first-order chi connectivity index (χ1) is 9.84. The standard InChI is InChI=1S/C11H13F3O3.2C2H6/c1-7-4-8(11(12,13)14)2-3-10(7)17-6-9(16)5-15;2*1-2/h2-4,9,15-16H,5-6H2,1H3;2*1-2H3. The molecule has 0 spiro atoms. The number of aliphatic hydroxyl groups excluding tert-OH is 2. The fourth-order valence-corrected chi connectivity index (χ4v) is 1.23. The van der Waals surface area contributed by atoms with Crippen molar-refractivity contribution in [3.63, 3.8) is 0 Å². The largest absolute Gasteiger partial charge is 0.491 e. The van der Waals surface area contributed by atoms with Crippen LogP contribution in [0.2, 0.25) is 0 Å². The van der Waals surface area contributed by atoms with Crippen LogP contribution in [0, 0.1) is 6.92 Å². The Morgan fingerprint density at radius 1 is 1.14 bits per heavy atom. The highest BCUT2D eigenvalue weighted by atomic mass is 19.4. The molecule has 3 nitrogen and oxygen atoms in total. The minimum Gasteiger partial charge on any atom is -0.491 e. The lowest BCUT2D eigenvalue weighted by atomic mass is 10.1. The molecule has 0 heterocycles. The van der Waals surface area contributed by atoms with Crippen LogP contribution in [-0.4, -0.2) is 29.5 Å². The van der Waals surface area contributed by atoms with E-state index in [0.717, 1.165) is 12.1 Å². The fourth-order valence-electron chi connectivity index (χ4n) is 1.23. The third-order valence-electron chi connectivity index (χ3n) is 2.14. The third-order valence-corrected chi connectivity index (χ3v) is 2.14. The number of rotatable bonds is 4. The maximum Gasteiger partial charge on any atom is 0.416 e. The van der Waals surface area contributed by atoms with Crippen molar-refractivity contribution in [2.24, 2.45) is 0 Å². The Morgan fingerprint density at radius 2 is 1.67 bits per heavy atom. The van der Waals surface area contributed by atoms with E-state index in [4.69, 9.17) is 14.9 Å². The molecule has 1 unspecified atom stereocenters. The van der Waals surface area contributed by atoms with Gasteiger partial charge in [-0.25, -0.2) is 0 Å². The Labute approximate surface area is 124 Å². The first-order valence-corrected chi connectivity index (χ1v) is 6.94. The molecular formula is C15H25F3O3. The summed E-state index contributed by atoms with van der Waals surface area (Å²) in [5, 5.41) is 17.6. The van der Waals surface area contributed by atoms with Crippen LogP contribution in [-0.2, 0) is 6.18 Å². The Morgan fingerprint density at radius 3 is 2.05 bits per heavy atom. The topological polar surface area (TPSA) is 49.7 Å². The fraction of sp³-hybridized carbons (Fsp3) is 0.600. The summed E-state index contributed by atoms with van der Waals surface area (Å²) in [5.74, 6) is 0.255. The second-order valence-electron chi connectivity index (χ2n) is 3.63. The van der Waals surface area contributed by atoms with E-state index in [1.165, 1.54) is 13.0 Å². The third kappa shape index (κ3) is 8.57. The van der Waals surface area contributed by atoms with Gasteiger partial charge < -0.3 is 14.9 Å². The maximum absolute atomic E-state index is 12.4. The van der Waals surface area contributed by atoms with Gasteiger partial charge in [0, 0.05) is 0 Å². The van der Waals surface area contributed by atoms with Crippen LogP contribution >= 0.6 is 0 Å². The second-order valence-corrected chi connectivity index (χ2v) is 3.63. The van der Waals surface area contributed by atoms with E-state index < -0.39 is 24.5 Å². The van der Waals surface area contributed by atoms with Crippen LogP contribution in [0.25, 0.3) is 0 Å². The van der Waals surface area contributed by atoms with Crippen LogP contribution in [0.4, 0.5) is 13.2 Å². The van der Waals surface area contributed by atoms with Crippen LogP contribution in [0.5, 0.6) is 5.75 Å². The number of halogens is 3. The van der Waals surface area contributed by atoms with E-state index in [-0.39, 0.29) is 12.4 Å². The Balaban J connectivity index is 0. The highest BCUT2D eigenvalue weighted by molar-refractivity contribution is 5.37. The smallest absolute Gasteiger partial charge is 0.416 e. The Hall–Kier alpha value is -1.27. The molecule has 124 valence electrons. The van der Waals surface area contributed by atoms with Crippen molar-refractivity contribution >= 4 is 0 Å². The van der Waals surface area contributed by atoms with Gasteiger partial charge in [-0.2, -0.15) is 13.2 Å². The molecule has 0 aliphatic rings. The molecule has 0 aliphatic heterocycles. The summed E-state index contributed by atoms with van der Waals surface area (Å²) in [6.45, 7) is 8.86. The quantitative estimate of drug-likeness (QED) is 0.889.